The molecule has 0 spiro atoms. The van der Waals surface area contributed by atoms with Gasteiger partial charge in [0, 0.05) is 18.5 Å². The Kier molecular flexibility index (Phi) is 5.86. The summed E-state index contributed by atoms with van der Waals surface area (Å²) in [6.07, 6.45) is -4.22. The predicted molar refractivity (Wildman–Crippen MR) is 108 cm³/mol. The maximum absolute atomic E-state index is 13.5. The first-order chi connectivity index (χ1) is 14.4. The quantitative estimate of drug-likeness (QED) is 0.724. The molecule has 0 saturated heterocycles. The second-order valence-corrected chi connectivity index (χ2v) is 9.69. The summed E-state index contributed by atoms with van der Waals surface area (Å²) in [5, 5.41) is 14.5. The topological polar surface area (TPSA) is 99.1 Å². The molecule has 0 fully saturated rings. The minimum atomic E-state index is -4.60. The van der Waals surface area contributed by atoms with Gasteiger partial charge in [0.1, 0.15) is 11.5 Å². The number of sulfone groups is 1. The smallest absolute Gasteiger partial charge is 0.324 e. The van der Waals surface area contributed by atoms with Crippen LogP contribution in [0, 0.1) is 11.3 Å². The number of fused-ring (bicyclic) bond motifs is 1. The Morgan fingerprint density at radius 2 is 1.87 bits per heavy atom. The van der Waals surface area contributed by atoms with Crippen molar-refractivity contribution in [3.63, 3.8) is 0 Å². The van der Waals surface area contributed by atoms with E-state index >= 15 is 0 Å². The summed E-state index contributed by atoms with van der Waals surface area (Å²) < 4.78 is 63.8. The fraction of sp³-hybridized carbons (Fsp3) is 0.333. The zero-order valence-electron chi connectivity index (χ0n) is 16.7. The van der Waals surface area contributed by atoms with Gasteiger partial charge in [-0.3, -0.25) is 10.1 Å². The number of nitriles is 1. The Bertz CT molecular complexity index is 1160. The van der Waals surface area contributed by atoms with Crippen LogP contribution < -0.4 is 10.6 Å². The molecular weight excluding hydrogens is 431 g/mol. The summed E-state index contributed by atoms with van der Waals surface area (Å²) in [4.78, 5) is 12.8. The minimum Gasteiger partial charge on any atom is -0.324 e. The van der Waals surface area contributed by atoms with Crippen LogP contribution in [0.25, 0.3) is 0 Å². The van der Waals surface area contributed by atoms with E-state index in [2.05, 4.69) is 10.6 Å². The molecule has 3 rings (SSSR count). The van der Waals surface area contributed by atoms with Crippen molar-refractivity contribution in [1.82, 2.24) is 5.32 Å². The SMILES string of the molecule is CC(CC#N)(c1ccc(NC(=O)C2NCc3cc(S(C)(=O)=O)ccc32)cc1)C(F)(F)F. The van der Waals surface area contributed by atoms with Crippen molar-refractivity contribution in [3.05, 3.63) is 59.2 Å². The Morgan fingerprint density at radius 1 is 1.23 bits per heavy atom. The molecule has 0 aromatic heterocycles. The molecule has 2 aromatic carbocycles. The van der Waals surface area contributed by atoms with Gasteiger partial charge in [-0.25, -0.2) is 8.42 Å². The van der Waals surface area contributed by atoms with Gasteiger partial charge in [-0.15, -0.1) is 0 Å². The van der Waals surface area contributed by atoms with Crippen LogP contribution in [0.15, 0.2) is 47.4 Å². The molecular formula is C21H20F3N3O3S. The molecule has 2 aromatic rings. The third kappa shape index (κ3) is 4.43. The van der Waals surface area contributed by atoms with Crippen molar-refractivity contribution in [1.29, 1.82) is 5.26 Å². The number of rotatable bonds is 5. The number of carbonyl (C=O) groups is 1. The van der Waals surface area contributed by atoms with E-state index in [1.165, 1.54) is 36.4 Å². The van der Waals surface area contributed by atoms with E-state index in [1.54, 1.807) is 12.1 Å². The van der Waals surface area contributed by atoms with Crippen molar-refractivity contribution in [3.8, 4) is 6.07 Å². The van der Waals surface area contributed by atoms with Crippen molar-refractivity contribution in [2.24, 2.45) is 0 Å². The van der Waals surface area contributed by atoms with E-state index < -0.39 is 39.8 Å². The zero-order valence-corrected chi connectivity index (χ0v) is 17.6. The van der Waals surface area contributed by atoms with Crippen LogP contribution >= 0.6 is 0 Å². The number of amides is 1. The maximum atomic E-state index is 13.5. The van der Waals surface area contributed by atoms with Crippen molar-refractivity contribution >= 4 is 21.4 Å². The Morgan fingerprint density at radius 3 is 2.42 bits per heavy atom. The first-order valence-corrected chi connectivity index (χ1v) is 11.2. The van der Waals surface area contributed by atoms with E-state index in [0.717, 1.165) is 13.2 Å². The summed E-state index contributed by atoms with van der Waals surface area (Å²) in [7, 11) is -3.37. The van der Waals surface area contributed by atoms with E-state index in [-0.39, 0.29) is 10.5 Å². The molecule has 10 heteroatoms. The molecule has 31 heavy (non-hydrogen) atoms. The second-order valence-electron chi connectivity index (χ2n) is 7.68. The van der Waals surface area contributed by atoms with Crippen LogP contribution in [0.2, 0.25) is 0 Å². The van der Waals surface area contributed by atoms with Crippen molar-refractivity contribution in [2.75, 3.05) is 11.6 Å². The Balaban J connectivity index is 1.78. The lowest BCUT2D eigenvalue weighted by Gasteiger charge is -2.30. The number of hydrogen-bond donors (Lipinski definition) is 2. The van der Waals surface area contributed by atoms with Crippen LogP contribution in [-0.2, 0) is 26.6 Å². The van der Waals surface area contributed by atoms with Gasteiger partial charge < -0.3 is 5.32 Å². The molecule has 1 amide bonds. The molecule has 1 heterocycles. The largest absolute Gasteiger partial charge is 0.399 e. The van der Waals surface area contributed by atoms with E-state index in [1.807, 2.05) is 0 Å². The normalized spacial score (nSPS) is 18.0. The molecule has 0 radical (unpaired) electrons. The summed E-state index contributed by atoms with van der Waals surface area (Å²) in [6.45, 7) is 1.28. The van der Waals surface area contributed by atoms with Crippen LogP contribution in [0.5, 0.6) is 0 Å². The van der Waals surface area contributed by atoms with Gasteiger partial charge in [0.2, 0.25) is 5.91 Å². The molecule has 2 N–H and O–H groups in total. The van der Waals surface area contributed by atoms with Crippen LogP contribution in [0.1, 0.15) is 36.1 Å². The van der Waals surface area contributed by atoms with Crippen molar-refractivity contribution in [2.45, 2.75) is 42.4 Å². The van der Waals surface area contributed by atoms with Gasteiger partial charge in [0.25, 0.3) is 0 Å². The molecule has 1 aliphatic rings. The number of anilines is 1. The molecule has 2 atom stereocenters. The third-order valence-corrected chi connectivity index (χ3v) is 6.57. The van der Waals surface area contributed by atoms with Gasteiger partial charge in [-0.2, -0.15) is 18.4 Å². The average molecular weight is 451 g/mol. The summed E-state index contributed by atoms with van der Waals surface area (Å²) in [5.41, 5.74) is -0.750. The highest BCUT2D eigenvalue weighted by molar-refractivity contribution is 7.90. The Hall–Kier alpha value is -2.90. The summed E-state index contributed by atoms with van der Waals surface area (Å²) >= 11 is 0. The highest BCUT2D eigenvalue weighted by Gasteiger charge is 2.52. The fourth-order valence-electron chi connectivity index (χ4n) is 3.46. The lowest BCUT2D eigenvalue weighted by molar-refractivity contribution is -0.184. The van der Waals surface area contributed by atoms with E-state index in [0.29, 0.717) is 23.4 Å². The summed E-state index contributed by atoms with van der Waals surface area (Å²) in [6, 6.07) is 10.6. The number of benzene rings is 2. The maximum Gasteiger partial charge on any atom is 0.399 e. The molecule has 0 saturated carbocycles. The van der Waals surface area contributed by atoms with Crippen LogP contribution in [-0.4, -0.2) is 26.8 Å². The average Bonchev–Trinajstić information content (AvgIpc) is 3.10. The number of nitrogens with zero attached hydrogens (tertiary/aromatic N) is 1. The first-order valence-electron chi connectivity index (χ1n) is 9.28. The second kappa shape index (κ2) is 7.98. The lowest BCUT2D eigenvalue weighted by Crippen LogP contribution is -2.39. The van der Waals surface area contributed by atoms with Crippen LogP contribution in [0.3, 0.4) is 0 Å². The highest BCUT2D eigenvalue weighted by atomic mass is 32.2. The molecule has 0 aliphatic carbocycles. The highest BCUT2D eigenvalue weighted by Crippen LogP contribution is 2.43. The summed E-state index contributed by atoms with van der Waals surface area (Å²) in [5.74, 6) is -0.422. The van der Waals surface area contributed by atoms with E-state index in [9.17, 15) is 26.4 Å². The fourth-order valence-corrected chi connectivity index (χ4v) is 4.13. The Labute approximate surface area is 178 Å². The molecule has 0 bridgehead atoms. The van der Waals surface area contributed by atoms with Gasteiger partial charge >= 0.3 is 6.18 Å². The molecule has 6 nitrogen and oxygen atoms in total. The van der Waals surface area contributed by atoms with Gasteiger partial charge in [-0.05, 0) is 47.9 Å². The number of alkyl halides is 3. The number of hydrogen-bond acceptors (Lipinski definition) is 5. The monoisotopic (exact) mass is 451 g/mol. The number of nitrogens with one attached hydrogen (secondary N) is 2. The molecule has 1 aliphatic heterocycles. The van der Waals surface area contributed by atoms with Gasteiger partial charge in [0.05, 0.1) is 17.4 Å². The lowest BCUT2D eigenvalue weighted by atomic mass is 9.79. The minimum absolute atomic E-state index is 0.0720. The zero-order chi connectivity index (χ0) is 23.0. The van der Waals surface area contributed by atoms with Gasteiger partial charge in [0.15, 0.2) is 9.84 Å². The van der Waals surface area contributed by atoms with E-state index in [4.69, 9.17) is 5.26 Å². The molecule has 164 valence electrons. The number of carbonyl (C=O) groups excluding carboxylic acids is 1. The molecule has 2 unspecified atom stereocenters. The van der Waals surface area contributed by atoms with Gasteiger partial charge in [-0.1, -0.05) is 18.2 Å². The first kappa shape index (κ1) is 22.8. The number of halogens is 3. The third-order valence-electron chi connectivity index (χ3n) is 5.46. The van der Waals surface area contributed by atoms with Crippen LogP contribution in [0.4, 0.5) is 18.9 Å². The van der Waals surface area contributed by atoms with Crippen molar-refractivity contribution < 1.29 is 26.4 Å². The predicted octanol–water partition coefficient (Wildman–Crippen LogP) is 3.61. The standard InChI is InChI=1S/C21H20F3N3O3S/c1-20(9-10-25,21(22,23)24)14-3-5-15(6-4-14)27-19(28)18-17-8-7-16(31(2,29)30)11-13(17)12-26-18/h3-8,11,18,26H,9,12H2,1-2H3,(H,27,28).